The van der Waals surface area contributed by atoms with Crippen molar-refractivity contribution in [2.45, 2.75) is 13.8 Å². The van der Waals surface area contributed by atoms with E-state index < -0.39 is 0 Å². The summed E-state index contributed by atoms with van der Waals surface area (Å²) >= 11 is 0. The SMILES string of the molecule is Cc1ccccc1N=Nc1c(C)[nH]c2ccccc12. The van der Waals surface area contributed by atoms with Crippen LogP contribution < -0.4 is 0 Å². The van der Waals surface area contributed by atoms with Gasteiger partial charge in [-0.2, -0.15) is 5.11 Å². The lowest BCUT2D eigenvalue weighted by Gasteiger charge is -1.97. The number of nitrogens with zero attached hydrogens (tertiary/aromatic N) is 2. The van der Waals surface area contributed by atoms with Crippen LogP contribution in [0.1, 0.15) is 11.3 Å². The number of aryl methyl sites for hydroxylation is 2. The van der Waals surface area contributed by atoms with Crippen molar-refractivity contribution in [1.82, 2.24) is 4.98 Å². The minimum absolute atomic E-state index is 0.909. The van der Waals surface area contributed by atoms with E-state index in [9.17, 15) is 0 Å². The molecule has 0 fully saturated rings. The van der Waals surface area contributed by atoms with Crippen LogP contribution in [0, 0.1) is 13.8 Å². The summed E-state index contributed by atoms with van der Waals surface area (Å²) in [5.41, 5.74) is 5.09. The molecule has 0 aliphatic heterocycles. The van der Waals surface area contributed by atoms with Crippen molar-refractivity contribution in [3.05, 3.63) is 59.8 Å². The number of para-hydroxylation sites is 1. The molecule has 0 spiro atoms. The molecule has 0 aliphatic carbocycles. The van der Waals surface area contributed by atoms with Gasteiger partial charge in [-0.15, -0.1) is 5.11 Å². The first-order valence-corrected chi connectivity index (χ1v) is 6.30. The van der Waals surface area contributed by atoms with E-state index in [0.717, 1.165) is 33.5 Å². The third kappa shape index (κ3) is 2.15. The molecule has 1 heterocycles. The summed E-state index contributed by atoms with van der Waals surface area (Å²) in [5.74, 6) is 0. The molecular weight excluding hydrogens is 234 g/mol. The molecular formula is C16H15N3. The number of rotatable bonds is 2. The normalized spacial score (nSPS) is 11.5. The summed E-state index contributed by atoms with van der Waals surface area (Å²) in [6, 6.07) is 16.1. The monoisotopic (exact) mass is 249 g/mol. The van der Waals surface area contributed by atoms with Crippen LogP contribution in [0.15, 0.2) is 58.8 Å². The quantitative estimate of drug-likeness (QED) is 0.606. The maximum absolute atomic E-state index is 4.42. The lowest BCUT2D eigenvalue weighted by Crippen LogP contribution is -1.72. The molecule has 1 aromatic heterocycles. The first-order valence-electron chi connectivity index (χ1n) is 6.30. The van der Waals surface area contributed by atoms with Crippen molar-refractivity contribution < 1.29 is 0 Å². The molecule has 3 heteroatoms. The van der Waals surface area contributed by atoms with Gasteiger partial charge in [-0.1, -0.05) is 36.4 Å². The second-order valence-corrected chi connectivity index (χ2v) is 4.63. The molecule has 0 saturated carbocycles. The van der Waals surface area contributed by atoms with Gasteiger partial charge >= 0.3 is 0 Å². The van der Waals surface area contributed by atoms with Crippen LogP contribution in [0.2, 0.25) is 0 Å². The fourth-order valence-electron chi connectivity index (χ4n) is 2.17. The highest BCUT2D eigenvalue weighted by Crippen LogP contribution is 2.31. The summed E-state index contributed by atoms with van der Waals surface area (Å²) in [4.78, 5) is 3.32. The number of H-pyrrole nitrogens is 1. The van der Waals surface area contributed by atoms with E-state index in [-0.39, 0.29) is 0 Å². The van der Waals surface area contributed by atoms with E-state index in [0.29, 0.717) is 0 Å². The second-order valence-electron chi connectivity index (χ2n) is 4.63. The van der Waals surface area contributed by atoms with Crippen LogP contribution in [0.4, 0.5) is 11.4 Å². The Balaban J connectivity index is 2.06. The Kier molecular flexibility index (Phi) is 2.88. The van der Waals surface area contributed by atoms with Crippen molar-refractivity contribution in [1.29, 1.82) is 0 Å². The van der Waals surface area contributed by atoms with Gasteiger partial charge < -0.3 is 4.98 Å². The van der Waals surface area contributed by atoms with Crippen molar-refractivity contribution >= 4 is 22.3 Å². The van der Waals surface area contributed by atoms with Gasteiger partial charge in [0.15, 0.2) is 0 Å². The Morgan fingerprint density at radius 2 is 1.58 bits per heavy atom. The molecule has 0 aliphatic rings. The van der Waals surface area contributed by atoms with Crippen LogP contribution in [-0.4, -0.2) is 4.98 Å². The minimum atomic E-state index is 0.909. The van der Waals surface area contributed by atoms with Crippen molar-refractivity contribution in [3.8, 4) is 0 Å². The molecule has 3 aromatic rings. The van der Waals surface area contributed by atoms with Crippen LogP contribution in [0.25, 0.3) is 10.9 Å². The topological polar surface area (TPSA) is 40.5 Å². The standard InChI is InChI=1S/C16H15N3/c1-11-7-3-5-9-14(11)18-19-16-12(2)17-15-10-6-4-8-13(15)16/h3-10,17H,1-2H3. The summed E-state index contributed by atoms with van der Waals surface area (Å²) in [7, 11) is 0. The third-order valence-electron chi connectivity index (χ3n) is 3.23. The Bertz CT molecular complexity index is 754. The Hall–Kier alpha value is -2.42. The number of aromatic nitrogens is 1. The van der Waals surface area contributed by atoms with Crippen molar-refractivity contribution in [2.24, 2.45) is 10.2 Å². The van der Waals surface area contributed by atoms with Crippen molar-refractivity contribution in [3.63, 3.8) is 0 Å². The van der Waals surface area contributed by atoms with Gasteiger partial charge in [-0.3, -0.25) is 0 Å². The van der Waals surface area contributed by atoms with Gasteiger partial charge in [0, 0.05) is 16.6 Å². The summed E-state index contributed by atoms with van der Waals surface area (Å²) < 4.78 is 0. The smallest absolute Gasteiger partial charge is 0.114 e. The Morgan fingerprint density at radius 1 is 0.842 bits per heavy atom. The van der Waals surface area contributed by atoms with E-state index >= 15 is 0 Å². The lowest BCUT2D eigenvalue weighted by molar-refractivity contribution is 1.18. The number of hydrogen-bond donors (Lipinski definition) is 1. The summed E-state index contributed by atoms with van der Waals surface area (Å²) in [5, 5.41) is 9.89. The molecule has 0 saturated heterocycles. The summed E-state index contributed by atoms with van der Waals surface area (Å²) in [6.07, 6.45) is 0. The maximum atomic E-state index is 4.42. The first-order chi connectivity index (χ1) is 9.25. The molecule has 94 valence electrons. The summed E-state index contributed by atoms with van der Waals surface area (Å²) in [6.45, 7) is 4.06. The molecule has 0 amide bonds. The lowest BCUT2D eigenvalue weighted by atomic mass is 10.2. The van der Waals surface area contributed by atoms with E-state index in [1.165, 1.54) is 0 Å². The van der Waals surface area contributed by atoms with Gasteiger partial charge in [0.05, 0.1) is 5.69 Å². The van der Waals surface area contributed by atoms with Crippen molar-refractivity contribution in [2.75, 3.05) is 0 Å². The van der Waals surface area contributed by atoms with E-state index in [1.54, 1.807) is 0 Å². The number of azo groups is 1. The minimum Gasteiger partial charge on any atom is -0.357 e. The molecule has 0 atom stereocenters. The Morgan fingerprint density at radius 3 is 2.42 bits per heavy atom. The Labute approximate surface area is 112 Å². The molecule has 1 N–H and O–H groups in total. The number of fused-ring (bicyclic) bond motifs is 1. The van der Waals surface area contributed by atoms with Gasteiger partial charge in [-0.05, 0) is 31.5 Å². The molecule has 0 unspecified atom stereocenters. The fourth-order valence-corrected chi connectivity index (χ4v) is 2.17. The largest absolute Gasteiger partial charge is 0.357 e. The van der Waals surface area contributed by atoms with Crippen LogP contribution in [0.5, 0.6) is 0 Å². The fraction of sp³-hybridized carbons (Fsp3) is 0.125. The molecule has 0 radical (unpaired) electrons. The molecule has 3 nitrogen and oxygen atoms in total. The average Bonchev–Trinajstić information content (AvgIpc) is 2.74. The van der Waals surface area contributed by atoms with Gasteiger partial charge in [0.1, 0.15) is 5.69 Å². The zero-order valence-electron chi connectivity index (χ0n) is 11.0. The van der Waals surface area contributed by atoms with E-state index in [4.69, 9.17) is 0 Å². The zero-order valence-corrected chi connectivity index (χ0v) is 11.0. The predicted molar refractivity (Wildman–Crippen MR) is 78.4 cm³/mol. The highest BCUT2D eigenvalue weighted by atomic mass is 15.1. The number of aromatic amines is 1. The first kappa shape index (κ1) is 11.7. The zero-order chi connectivity index (χ0) is 13.2. The maximum Gasteiger partial charge on any atom is 0.114 e. The van der Waals surface area contributed by atoms with E-state index in [2.05, 4.69) is 27.3 Å². The molecule has 3 rings (SSSR count). The van der Waals surface area contributed by atoms with Crippen LogP contribution >= 0.6 is 0 Å². The molecule has 19 heavy (non-hydrogen) atoms. The van der Waals surface area contributed by atoms with Gasteiger partial charge in [0.25, 0.3) is 0 Å². The van der Waals surface area contributed by atoms with Crippen LogP contribution in [0.3, 0.4) is 0 Å². The van der Waals surface area contributed by atoms with Crippen LogP contribution in [-0.2, 0) is 0 Å². The number of nitrogens with one attached hydrogen (secondary N) is 1. The third-order valence-corrected chi connectivity index (χ3v) is 3.23. The number of benzene rings is 2. The second kappa shape index (κ2) is 4.69. The number of hydrogen-bond acceptors (Lipinski definition) is 2. The predicted octanol–water partition coefficient (Wildman–Crippen LogP) is 5.20. The highest BCUT2D eigenvalue weighted by Gasteiger charge is 2.06. The van der Waals surface area contributed by atoms with Gasteiger partial charge in [-0.25, -0.2) is 0 Å². The van der Waals surface area contributed by atoms with E-state index in [1.807, 2.05) is 50.2 Å². The molecule has 0 bridgehead atoms. The van der Waals surface area contributed by atoms with Gasteiger partial charge in [0.2, 0.25) is 0 Å². The molecule has 2 aromatic carbocycles. The average molecular weight is 249 g/mol. The highest BCUT2D eigenvalue weighted by molar-refractivity contribution is 5.92.